The van der Waals surface area contributed by atoms with E-state index in [1.54, 1.807) is 7.11 Å². The fraction of sp³-hybridized carbons (Fsp3) is 1.00. The van der Waals surface area contributed by atoms with Gasteiger partial charge in [0, 0.05) is 32.8 Å². The highest BCUT2D eigenvalue weighted by Gasteiger charge is 2.13. The molecule has 0 aliphatic heterocycles. The van der Waals surface area contributed by atoms with Gasteiger partial charge in [0.1, 0.15) is 0 Å². The molecule has 0 aromatic carbocycles. The van der Waals surface area contributed by atoms with E-state index in [9.17, 15) is 0 Å². The first kappa shape index (κ1) is 16.9. The molecule has 104 valence electrons. The Kier molecular flexibility index (Phi) is 10.9. The molecule has 3 heteroatoms. The molecule has 0 bridgehead atoms. The van der Waals surface area contributed by atoms with Crippen molar-refractivity contribution in [1.82, 2.24) is 10.2 Å². The monoisotopic (exact) mass is 244 g/mol. The van der Waals surface area contributed by atoms with Gasteiger partial charge in [-0.1, -0.05) is 27.2 Å². The molecule has 0 aliphatic carbocycles. The highest BCUT2D eigenvalue weighted by molar-refractivity contribution is 4.70. The number of likely N-dealkylation sites (N-methyl/N-ethyl adjacent to an activating group) is 1. The average Bonchev–Trinajstić information content (AvgIpc) is 2.34. The maximum absolute atomic E-state index is 5.03. The van der Waals surface area contributed by atoms with E-state index in [2.05, 4.69) is 37.9 Å². The normalized spacial score (nSPS) is 15.2. The third-order valence-electron chi connectivity index (χ3n) is 3.41. The number of rotatable bonds is 11. The smallest absolute Gasteiger partial charge is 0.0474 e. The lowest BCUT2D eigenvalue weighted by Gasteiger charge is -2.30. The fourth-order valence-electron chi connectivity index (χ4n) is 1.93. The molecule has 0 heterocycles. The molecule has 0 spiro atoms. The van der Waals surface area contributed by atoms with Gasteiger partial charge in [0.25, 0.3) is 0 Å². The van der Waals surface area contributed by atoms with Crippen LogP contribution in [0.1, 0.15) is 40.5 Å². The Labute approximate surface area is 108 Å². The maximum atomic E-state index is 5.03. The molecule has 0 radical (unpaired) electrons. The molecule has 2 unspecified atom stereocenters. The van der Waals surface area contributed by atoms with Crippen molar-refractivity contribution in [2.75, 3.05) is 39.9 Å². The van der Waals surface area contributed by atoms with E-state index in [0.29, 0.717) is 6.04 Å². The van der Waals surface area contributed by atoms with Crippen LogP contribution in [0.25, 0.3) is 0 Å². The fourth-order valence-corrected chi connectivity index (χ4v) is 1.93. The molecule has 0 saturated carbocycles. The molecule has 0 rings (SSSR count). The summed E-state index contributed by atoms with van der Waals surface area (Å²) in [4.78, 5) is 2.57. The predicted molar refractivity (Wildman–Crippen MR) is 75.5 cm³/mol. The molecule has 17 heavy (non-hydrogen) atoms. The van der Waals surface area contributed by atoms with Gasteiger partial charge in [-0.2, -0.15) is 0 Å². The first-order chi connectivity index (χ1) is 8.15. The van der Waals surface area contributed by atoms with Crippen LogP contribution >= 0.6 is 0 Å². The SMILES string of the molecule is CCC(C)CN(CC)C(C)CNCCCOC. The van der Waals surface area contributed by atoms with Crippen molar-refractivity contribution in [2.24, 2.45) is 5.92 Å². The standard InChI is InChI=1S/C14H32N2O/c1-6-13(3)12-16(7-2)14(4)11-15-9-8-10-17-5/h13-15H,6-12H2,1-5H3. The molecule has 2 atom stereocenters. The van der Waals surface area contributed by atoms with Gasteiger partial charge in [0.05, 0.1) is 0 Å². The lowest BCUT2D eigenvalue weighted by molar-refractivity contribution is 0.178. The molecule has 1 N–H and O–H groups in total. The summed E-state index contributed by atoms with van der Waals surface area (Å²) >= 11 is 0. The van der Waals surface area contributed by atoms with Crippen LogP contribution in [0.3, 0.4) is 0 Å². The van der Waals surface area contributed by atoms with Gasteiger partial charge in [-0.25, -0.2) is 0 Å². The quantitative estimate of drug-likeness (QED) is 0.565. The molecule has 0 aromatic rings. The summed E-state index contributed by atoms with van der Waals surface area (Å²) in [5.74, 6) is 0.797. The minimum atomic E-state index is 0.622. The van der Waals surface area contributed by atoms with Crippen LogP contribution in [-0.2, 0) is 4.74 Å². The van der Waals surface area contributed by atoms with Gasteiger partial charge in [-0.15, -0.1) is 0 Å². The zero-order chi connectivity index (χ0) is 13.1. The Morgan fingerprint density at radius 2 is 1.94 bits per heavy atom. The molecule has 0 amide bonds. The number of hydrogen-bond donors (Lipinski definition) is 1. The van der Waals surface area contributed by atoms with E-state index in [-0.39, 0.29) is 0 Å². The summed E-state index contributed by atoms with van der Waals surface area (Å²) in [6, 6.07) is 0.622. The third-order valence-corrected chi connectivity index (χ3v) is 3.41. The van der Waals surface area contributed by atoms with E-state index in [1.165, 1.54) is 13.0 Å². The Hall–Kier alpha value is -0.120. The Balaban J connectivity index is 3.71. The highest BCUT2D eigenvalue weighted by atomic mass is 16.5. The summed E-state index contributed by atoms with van der Waals surface area (Å²) in [6.45, 7) is 14.5. The zero-order valence-corrected chi connectivity index (χ0v) is 12.5. The second kappa shape index (κ2) is 11.0. The van der Waals surface area contributed by atoms with Gasteiger partial charge in [-0.3, -0.25) is 4.90 Å². The van der Waals surface area contributed by atoms with Crippen molar-refractivity contribution in [2.45, 2.75) is 46.6 Å². The van der Waals surface area contributed by atoms with Gasteiger partial charge in [0.15, 0.2) is 0 Å². The van der Waals surface area contributed by atoms with Crippen LogP contribution in [0.15, 0.2) is 0 Å². The summed E-state index contributed by atoms with van der Waals surface area (Å²) in [5, 5.41) is 3.50. The molecule has 0 aromatic heterocycles. The highest BCUT2D eigenvalue weighted by Crippen LogP contribution is 2.07. The maximum Gasteiger partial charge on any atom is 0.0474 e. The van der Waals surface area contributed by atoms with Crippen molar-refractivity contribution in [3.05, 3.63) is 0 Å². The van der Waals surface area contributed by atoms with Crippen LogP contribution in [0.5, 0.6) is 0 Å². The molecule has 0 aliphatic rings. The zero-order valence-electron chi connectivity index (χ0n) is 12.5. The molecular weight excluding hydrogens is 212 g/mol. The van der Waals surface area contributed by atoms with Gasteiger partial charge in [0.2, 0.25) is 0 Å². The summed E-state index contributed by atoms with van der Waals surface area (Å²) in [5.41, 5.74) is 0. The van der Waals surface area contributed by atoms with Crippen LogP contribution in [-0.4, -0.2) is 50.8 Å². The number of nitrogens with one attached hydrogen (secondary N) is 1. The topological polar surface area (TPSA) is 24.5 Å². The number of methoxy groups -OCH3 is 1. The van der Waals surface area contributed by atoms with Gasteiger partial charge < -0.3 is 10.1 Å². The van der Waals surface area contributed by atoms with Gasteiger partial charge in [-0.05, 0) is 32.4 Å². The molecule has 0 fully saturated rings. The van der Waals surface area contributed by atoms with Crippen molar-refractivity contribution in [3.63, 3.8) is 0 Å². The Morgan fingerprint density at radius 3 is 2.47 bits per heavy atom. The number of nitrogens with zero attached hydrogens (tertiary/aromatic N) is 1. The van der Waals surface area contributed by atoms with Crippen molar-refractivity contribution < 1.29 is 4.74 Å². The van der Waals surface area contributed by atoms with E-state index in [0.717, 1.165) is 38.6 Å². The first-order valence-electron chi connectivity index (χ1n) is 7.09. The van der Waals surface area contributed by atoms with E-state index in [1.807, 2.05) is 0 Å². The lowest BCUT2D eigenvalue weighted by Crippen LogP contribution is -2.42. The summed E-state index contributed by atoms with van der Waals surface area (Å²) in [6.07, 6.45) is 2.37. The Bertz CT molecular complexity index is 164. The predicted octanol–water partition coefficient (Wildman–Crippen LogP) is 2.37. The van der Waals surface area contributed by atoms with Crippen molar-refractivity contribution in [1.29, 1.82) is 0 Å². The van der Waals surface area contributed by atoms with E-state index >= 15 is 0 Å². The van der Waals surface area contributed by atoms with Crippen LogP contribution in [0.2, 0.25) is 0 Å². The summed E-state index contributed by atoms with van der Waals surface area (Å²) in [7, 11) is 1.76. The second-order valence-corrected chi connectivity index (χ2v) is 5.00. The van der Waals surface area contributed by atoms with Crippen LogP contribution in [0, 0.1) is 5.92 Å². The minimum Gasteiger partial charge on any atom is -0.385 e. The van der Waals surface area contributed by atoms with E-state index in [4.69, 9.17) is 4.74 Å². The van der Waals surface area contributed by atoms with Crippen molar-refractivity contribution in [3.8, 4) is 0 Å². The van der Waals surface area contributed by atoms with Gasteiger partial charge >= 0.3 is 0 Å². The average molecular weight is 244 g/mol. The molecular formula is C14H32N2O. The summed E-state index contributed by atoms with van der Waals surface area (Å²) < 4.78 is 5.03. The number of ether oxygens (including phenoxy) is 1. The van der Waals surface area contributed by atoms with Crippen molar-refractivity contribution >= 4 is 0 Å². The van der Waals surface area contributed by atoms with Crippen LogP contribution < -0.4 is 5.32 Å². The largest absolute Gasteiger partial charge is 0.385 e. The number of hydrogen-bond acceptors (Lipinski definition) is 3. The Morgan fingerprint density at radius 1 is 1.24 bits per heavy atom. The van der Waals surface area contributed by atoms with Crippen LogP contribution in [0.4, 0.5) is 0 Å². The first-order valence-corrected chi connectivity index (χ1v) is 7.09. The second-order valence-electron chi connectivity index (χ2n) is 5.00. The molecule has 3 nitrogen and oxygen atoms in total. The lowest BCUT2D eigenvalue weighted by atomic mass is 10.1. The van der Waals surface area contributed by atoms with E-state index < -0.39 is 0 Å². The molecule has 0 saturated heterocycles. The minimum absolute atomic E-state index is 0.622. The third kappa shape index (κ3) is 8.58.